The summed E-state index contributed by atoms with van der Waals surface area (Å²) in [4.78, 5) is 13.6. The van der Waals surface area contributed by atoms with Crippen molar-refractivity contribution < 1.29 is 4.79 Å². The van der Waals surface area contributed by atoms with E-state index in [2.05, 4.69) is 13.0 Å². The minimum absolute atomic E-state index is 0.00894. The molecule has 2 N–H and O–H groups in total. The summed E-state index contributed by atoms with van der Waals surface area (Å²) in [5.41, 5.74) is 7.71. The number of fused-ring (bicyclic) bond motifs is 1. The Morgan fingerprint density at radius 3 is 3.00 bits per heavy atom. The first-order valence-corrected chi connectivity index (χ1v) is 5.34. The van der Waals surface area contributed by atoms with Gasteiger partial charge in [0.25, 0.3) is 0 Å². The lowest BCUT2D eigenvalue weighted by atomic mass is 9.96. The van der Waals surface area contributed by atoms with Gasteiger partial charge in [-0.3, -0.25) is 4.79 Å². The van der Waals surface area contributed by atoms with Gasteiger partial charge in [-0.25, -0.2) is 0 Å². The summed E-state index contributed by atoms with van der Waals surface area (Å²) in [5, 5.41) is 0. The molecule has 0 bridgehead atoms. The summed E-state index contributed by atoms with van der Waals surface area (Å²) >= 11 is 0. The lowest BCUT2D eigenvalue weighted by molar-refractivity contribution is -0.117. The Morgan fingerprint density at radius 1 is 1.53 bits per heavy atom. The normalized spacial score (nSPS) is 19.9. The van der Waals surface area contributed by atoms with Crippen molar-refractivity contribution in [2.24, 2.45) is 5.73 Å². The maximum atomic E-state index is 11.7. The van der Waals surface area contributed by atoms with Crippen molar-refractivity contribution in [1.29, 1.82) is 0 Å². The second-order valence-electron chi connectivity index (χ2n) is 3.98. The molecule has 2 rings (SSSR count). The van der Waals surface area contributed by atoms with Gasteiger partial charge in [-0.05, 0) is 31.4 Å². The standard InChI is InChI=1S/C12H16N2O/c1-9-6-7-10-4-2-3-5-11(10)14(9)12(15)8-13/h2-5,9H,6-8,13H2,1H3. The number of carbonyl (C=O) groups excluding carboxylic acids is 1. The van der Waals surface area contributed by atoms with E-state index in [1.54, 1.807) is 0 Å². The number of hydrogen-bond acceptors (Lipinski definition) is 2. The first-order valence-electron chi connectivity index (χ1n) is 5.34. The molecule has 0 spiro atoms. The van der Waals surface area contributed by atoms with Crippen LogP contribution in [-0.4, -0.2) is 18.5 Å². The molecule has 3 heteroatoms. The third-order valence-electron chi connectivity index (χ3n) is 2.97. The summed E-state index contributed by atoms with van der Waals surface area (Å²) in [7, 11) is 0. The van der Waals surface area contributed by atoms with Gasteiger partial charge in [0.15, 0.2) is 0 Å². The van der Waals surface area contributed by atoms with E-state index in [-0.39, 0.29) is 18.5 Å². The van der Waals surface area contributed by atoms with Crippen LogP contribution in [0, 0.1) is 0 Å². The van der Waals surface area contributed by atoms with E-state index in [1.807, 2.05) is 23.1 Å². The monoisotopic (exact) mass is 204 g/mol. The molecule has 3 nitrogen and oxygen atoms in total. The number of hydrogen-bond donors (Lipinski definition) is 1. The molecule has 0 saturated carbocycles. The van der Waals surface area contributed by atoms with Crippen LogP contribution < -0.4 is 10.6 Å². The molecule has 0 aromatic heterocycles. The first-order chi connectivity index (χ1) is 7.24. The van der Waals surface area contributed by atoms with E-state index in [1.165, 1.54) is 5.56 Å². The number of nitrogens with zero attached hydrogens (tertiary/aromatic N) is 1. The molecule has 0 radical (unpaired) electrons. The zero-order chi connectivity index (χ0) is 10.8. The van der Waals surface area contributed by atoms with Crippen molar-refractivity contribution in [1.82, 2.24) is 0 Å². The Morgan fingerprint density at radius 2 is 2.27 bits per heavy atom. The van der Waals surface area contributed by atoms with E-state index < -0.39 is 0 Å². The number of aryl methyl sites for hydroxylation is 1. The molecule has 1 aromatic carbocycles. The van der Waals surface area contributed by atoms with Crippen molar-refractivity contribution in [2.45, 2.75) is 25.8 Å². The van der Waals surface area contributed by atoms with Gasteiger partial charge >= 0.3 is 0 Å². The minimum Gasteiger partial charge on any atom is -0.322 e. The fourth-order valence-corrected chi connectivity index (χ4v) is 2.17. The maximum absolute atomic E-state index is 11.7. The number of anilines is 1. The minimum atomic E-state index is 0.00894. The highest BCUT2D eigenvalue weighted by molar-refractivity contribution is 5.96. The van der Waals surface area contributed by atoms with Crippen molar-refractivity contribution in [2.75, 3.05) is 11.4 Å². The summed E-state index contributed by atoms with van der Waals surface area (Å²) < 4.78 is 0. The van der Waals surface area contributed by atoms with Crippen LogP contribution in [0.15, 0.2) is 24.3 Å². The van der Waals surface area contributed by atoms with Gasteiger partial charge in [0.1, 0.15) is 0 Å². The molecule has 80 valence electrons. The Balaban J connectivity index is 2.41. The number of amides is 1. The second-order valence-corrected chi connectivity index (χ2v) is 3.98. The molecule has 1 atom stereocenters. The molecule has 1 heterocycles. The quantitative estimate of drug-likeness (QED) is 0.749. The predicted molar refractivity (Wildman–Crippen MR) is 60.8 cm³/mol. The molecule has 0 fully saturated rings. The smallest absolute Gasteiger partial charge is 0.240 e. The molecule has 1 unspecified atom stereocenters. The lowest BCUT2D eigenvalue weighted by Crippen LogP contribution is -2.45. The van der Waals surface area contributed by atoms with E-state index in [0.717, 1.165) is 18.5 Å². The molecule has 0 saturated heterocycles. The second kappa shape index (κ2) is 4.03. The van der Waals surface area contributed by atoms with E-state index in [0.29, 0.717) is 0 Å². The summed E-state index contributed by atoms with van der Waals surface area (Å²) in [6, 6.07) is 8.32. The Bertz CT molecular complexity index is 376. The Hall–Kier alpha value is -1.35. The zero-order valence-electron chi connectivity index (χ0n) is 8.94. The topological polar surface area (TPSA) is 46.3 Å². The van der Waals surface area contributed by atoms with Crippen LogP contribution in [0.1, 0.15) is 18.9 Å². The van der Waals surface area contributed by atoms with Crippen molar-refractivity contribution in [3.63, 3.8) is 0 Å². The molecule has 1 amide bonds. The highest BCUT2D eigenvalue weighted by atomic mass is 16.2. The van der Waals surface area contributed by atoms with Gasteiger partial charge in [0.2, 0.25) is 5.91 Å². The van der Waals surface area contributed by atoms with Crippen molar-refractivity contribution >= 4 is 11.6 Å². The Kier molecular flexibility index (Phi) is 2.73. The van der Waals surface area contributed by atoms with Gasteiger partial charge in [-0.2, -0.15) is 0 Å². The fraction of sp³-hybridized carbons (Fsp3) is 0.417. The van der Waals surface area contributed by atoms with E-state index >= 15 is 0 Å². The van der Waals surface area contributed by atoms with Crippen LogP contribution in [0.25, 0.3) is 0 Å². The average Bonchev–Trinajstić information content (AvgIpc) is 2.28. The number of nitrogens with two attached hydrogens (primary N) is 1. The van der Waals surface area contributed by atoms with Crippen molar-refractivity contribution in [3.05, 3.63) is 29.8 Å². The third-order valence-corrected chi connectivity index (χ3v) is 2.97. The molecule has 0 aliphatic carbocycles. The summed E-state index contributed by atoms with van der Waals surface area (Å²) in [5.74, 6) is 0.00894. The first kappa shape index (κ1) is 10.2. The average molecular weight is 204 g/mol. The van der Waals surface area contributed by atoms with Gasteiger partial charge in [-0.1, -0.05) is 18.2 Å². The molecule has 1 aliphatic rings. The number of carbonyl (C=O) groups is 1. The van der Waals surface area contributed by atoms with Gasteiger partial charge in [0, 0.05) is 11.7 Å². The summed E-state index contributed by atoms with van der Waals surface area (Å²) in [6.07, 6.45) is 2.06. The van der Waals surface area contributed by atoms with Gasteiger partial charge in [0.05, 0.1) is 6.54 Å². The highest BCUT2D eigenvalue weighted by Crippen LogP contribution is 2.30. The highest BCUT2D eigenvalue weighted by Gasteiger charge is 2.26. The third kappa shape index (κ3) is 1.75. The van der Waals surface area contributed by atoms with Gasteiger partial charge in [-0.15, -0.1) is 0 Å². The fourth-order valence-electron chi connectivity index (χ4n) is 2.17. The van der Waals surface area contributed by atoms with Crippen molar-refractivity contribution in [3.8, 4) is 0 Å². The van der Waals surface area contributed by atoms with Crippen LogP contribution in [0.5, 0.6) is 0 Å². The molecule has 1 aliphatic heterocycles. The Labute approximate surface area is 89.9 Å². The summed E-state index contributed by atoms with van der Waals surface area (Å²) in [6.45, 7) is 2.15. The van der Waals surface area contributed by atoms with E-state index in [9.17, 15) is 4.79 Å². The van der Waals surface area contributed by atoms with Crippen LogP contribution >= 0.6 is 0 Å². The van der Waals surface area contributed by atoms with Crippen LogP contribution in [0.3, 0.4) is 0 Å². The zero-order valence-corrected chi connectivity index (χ0v) is 8.94. The number of benzene rings is 1. The molecule has 15 heavy (non-hydrogen) atoms. The largest absolute Gasteiger partial charge is 0.322 e. The number of rotatable bonds is 1. The van der Waals surface area contributed by atoms with Crippen LogP contribution in [0.2, 0.25) is 0 Å². The van der Waals surface area contributed by atoms with E-state index in [4.69, 9.17) is 5.73 Å². The predicted octanol–water partition coefficient (Wildman–Crippen LogP) is 1.31. The number of para-hydroxylation sites is 1. The maximum Gasteiger partial charge on any atom is 0.240 e. The molecule has 1 aromatic rings. The van der Waals surface area contributed by atoms with Gasteiger partial charge < -0.3 is 10.6 Å². The van der Waals surface area contributed by atoms with Crippen LogP contribution in [0.4, 0.5) is 5.69 Å². The SMILES string of the molecule is CC1CCc2ccccc2N1C(=O)CN. The lowest BCUT2D eigenvalue weighted by Gasteiger charge is -2.35. The molecular formula is C12H16N2O. The van der Waals surface area contributed by atoms with Crippen LogP contribution in [-0.2, 0) is 11.2 Å². The molecular weight excluding hydrogens is 188 g/mol.